The fourth-order valence-electron chi connectivity index (χ4n) is 1.88. The average Bonchev–Trinajstić information content (AvgIpc) is 2.41. The molecule has 0 bridgehead atoms. The molecule has 0 aromatic heterocycles. The highest BCUT2D eigenvalue weighted by Crippen LogP contribution is 2.20. The van der Waals surface area contributed by atoms with Crippen molar-refractivity contribution in [3.8, 4) is 6.07 Å². The van der Waals surface area contributed by atoms with Gasteiger partial charge in [-0.1, -0.05) is 36.4 Å². The first-order valence-corrected chi connectivity index (χ1v) is 5.53. The average molecular weight is 239 g/mol. The molecule has 0 saturated heterocycles. The Bertz CT molecular complexity index is 583. The Hall–Kier alpha value is -2.22. The van der Waals surface area contributed by atoms with Gasteiger partial charge in [0.25, 0.3) is 0 Å². The van der Waals surface area contributed by atoms with Crippen LogP contribution >= 0.6 is 0 Å². The highest BCUT2D eigenvalue weighted by atomic mass is 16.1. The zero-order chi connectivity index (χ0) is 13.2. The van der Waals surface area contributed by atoms with Crippen molar-refractivity contribution in [1.29, 1.82) is 5.26 Å². The maximum absolute atomic E-state index is 12.4. The Morgan fingerprint density at radius 2 is 2.17 bits per heavy atom. The Morgan fingerprint density at radius 1 is 1.39 bits per heavy atom. The van der Waals surface area contributed by atoms with Crippen LogP contribution in [0.1, 0.15) is 15.9 Å². The van der Waals surface area contributed by atoms with Gasteiger partial charge in [-0.25, -0.2) is 0 Å². The number of carbonyl (C=O) groups is 1. The Morgan fingerprint density at radius 3 is 2.83 bits per heavy atom. The molecule has 4 nitrogen and oxygen atoms in total. The maximum Gasteiger partial charge on any atom is 0.188 e. The van der Waals surface area contributed by atoms with Gasteiger partial charge in [0.2, 0.25) is 0 Å². The van der Waals surface area contributed by atoms with E-state index in [1.807, 2.05) is 6.07 Å². The van der Waals surface area contributed by atoms with Crippen LogP contribution in [0.25, 0.3) is 0 Å². The van der Waals surface area contributed by atoms with E-state index < -0.39 is 11.6 Å². The van der Waals surface area contributed by atoms with Crippen LogP contribution in [0.3, 0.4) is 0 Å². The summed E-state index contributed by atoms with van der Waals surface area (Å²) in [6.45, 7) is 0. The van der Waals surface area contributed by atoms with Gasteiger partial charge in [-0.3, -0.25) is 4.79 Å². The van der Waals surface area contributed by atoms with Crippen LogP contribution in [-0.2, 0) is 0 Å². The Labute approximate surface area is 105 Å². The van der Waals surface area contributed by atoms with Crippen LogP contribution in [0.4, 0.5) is 0 Å². The molecule has 1 aromatic carbocycles. The number of Topliss-reactive ketones (excluding diaryl/α,β-unsaturated/α-hetero) is 1. The molecular formula is C14H13N3O. The van der Waals surface area contributed by atoms with E-state index in [2.05, 4.69) is 0 Å². The predicted molar refractivity (Wildman–Crippen MR) is 68.7 cm³/mol. The quantitative estimate of drug-likeness (QED) is 0.749. The van der Waals surface area contributed by atoms with Crippen molar-refractivity contribution in [2.24, 2.45) is 11.5 Å². The number of hydrogen-bond donors (Lipinski definition) is 2. The standard InChI is InChI=1S/C14H13N3O/c15-9-10-4-3-5-11(8-10)13(18)14(17)7-2-1-6-12(14)16/h1-8,12H,16-17H2. The summed E-state index contributed by atoms with van der Waals surface area (Å²) in [5.74, 6) is -0.285. The molecule has 0 saturated carbocycles. The van der Waals surface area contributed by atoms with E-state index in [-0.39, 0.29) is 5.78 Å². The Balaban J connectivity index is 2.40. The van der Waals surface area contributed by atoms with Crippen molar-refractivity contribution in [3.05, 3.63) is 59.7 Å². The molecule has 1 aliphatic rings. The predicted octanol–water partition coefficient (Wildman–Crippen LogP) is 0.892. The van der Waals surface area contributed by atoms with Gasteiger partial charge in [0.05, 0.1) is 17.7 Å². The summed E-state index contributed by atoms with van der Waals surface area (Å²) in [5, 5.41) is 8.83. The summed E-state index contributed by atoms with van der Waals surface area (Å²) in [5.41, 5.74) is 11.5. The number of nitrogens with two attached hydrogens (primary N) is 2. The third-order valence-corrected chi connectivity index (χ3v) is 3.00. The van der Waals surface area contributed by atoms with Gasteiger partial charge in [0.15, 0.2) is 5.78 Å². The number of ketones is 1. The molecule has 4 heteroatoms. The summed E-state index contributed by atoms with van der Waals surface area (Å²) in [4.78, 5) is 12.4. The van der Waals surface area contributed by atoms with Crippen LogP contribution in [0, 0.1) is 11.3 Å². The lowest BCUT2D eigenvalue weighted by molar-refractivity contribution is 0.0911. The molecule has 0 fully saturated rings. The molecule has 0 spiro atoms. The first kappa shape index (κ1) is 12.2. The van der Waals surface area contributed by atoms with E-state index in [1.54, 1.807) is 42.5 Å². The molecule has 0 amide bonds. The fraction of sp³-hybridized carbons (Fsp3) is 0.143. The first-order valence-electron chi connectivity index (χ1n) is 5.53. The van der Waals surface area contributed by atoms with Gasteiger partial charge in [-0.05, 0) is 12.1 Å². The summed E-state index contributed by atoms with van der Waals surface area (Å²) in [7, 11) is 0. The van der Waals surface area contributed by atoms with E-state index in [9.17, 15) is 4.79 Å². The minimum Gasteiger partial charge on any atom is -0.322 e. The van der Waals surface area contributed by atoms with Gasteiger partial charge < -0.3 is 11.5 Å². The molecule has 18 heavy (non-hydrogen) atoms. The first-order chi connectivity index (χ1) is 8.58. The van der Waals surface area contributed by atoms with Gasteiger partial charge >= 0.3 is 0 Å². The van der Waals surface area contributed by atoms with E-state index in [0.717, 1.165) is 0 Å². The van der Waals surface area contributed by atoms with E-state index >= 15 is 0 Å². The third kappa shape index (κ3) is 1.97. The van der Waals surface area contributed by atoms with Gasteiger partial charge in [-0.15, -0.1) is 0 Å². The highest BCUT2D eigenvalue weighted by molar-refractivity contribution is 6.05. The SMILES string of the molecule is N#Cc1cccc(C(=O)C2(N)C=CC=CC2N)c1. The van der Waals surface area contributed by atoms with Crippen LogP contribution in [-0.4, -0.2) is 17.4 Å². The van der Waals surface area contributed by atoms with Crippen molar-refractivity contribution in [1.82, 2.24) is 0 Å². The second-order valence-corrected chi connectivity index (χ2v) is 4.22. The lowest BCUT2D eigenvalue weighted by Crippen LogP contribution is -2.59. The largest absolute Gasteiger partial charge is 0.322 e. The molecule has 90 valence electrons. The zero-order valence-corrected chi connectivity index (χ0v) is 9.71. The molecule has 2 atom stereocenters. The number of rotatable bonds is 2. The highest BCUT2D eigenvalue weighted by Gasteiger charge is 2.38. The van der Waals surface area contributed by atoms with E-state index in [4.69, 9.17) is 16.7 Å². The monoisotopic (exact) mass is 239 g/mol. The Kier molecular flexibility index (Phi) is 3.11. The topological polar surface area (TPSA) is 92.9 Å². The molecule has 4 N–H and O–H groups in total. The molecule has 1 aromatic rings. The summed E-state index contributed by atoms with van der Waals surface area (Å²) in [6, 6.07) is 7.87. The minimum absolute atomic E-state index is 0.285. The van der Waals surface area contributed by atoms with Crippen LogP contribution in [0.15, 0.2) is 48.6 Å². The van der Waals surface area contributed by atoms with Crippen molar-refractivity contribution >= 4 is 5.78 Å². The van der Waals surface area contributed by atoms with Gasteiger partial charge in [-0.2, -0.15) is 5.26 Å². The summed E-state index contributed by atoms with van der Waals surface area (Å²) in [6.07, 6.45) is 6.75. The summed E-state index contributed by atoms with van der Waals surface area (Å²) >= 11 is 0. The molecule has 2 unspecified atom stereocenters. The van der Waals surface area contributed by atoms with Crippen LogP contribution in [0.2, 0.25) is 0 Å². The van der Waals surface area contributed by atoms with E-state index in [0.29, 0.717) is 11.1 Å². The second-order valence-electron chi connectivity index (χ2n) is 4.22. The minimum atomic E-state index is -1.25. The zero-order valence-electron chi connectivity index (χ0n) is 9.71. The number of nitrogens with zero attached hydrogens (tertiary/aromatic N) is 1. The number of allylic oxidation sites excluding steroid dienone is 2. The van der Waals surface area contributed by atoms with Crippen LogP contribution < -0.4 is 11.5 Å². The molecule has 0 aliphatic heterocycles. The summed E-state index contributed by atoms with van der Waals surface area (Å²) < 4.78 is 0. The van der Waals surface area contributed by atoms with Crippen LogP contribution in [0.5, 0.6) is 0 Å². The lowest BCUT2D eigenvalue weighted by Gasteiger charge is -2.30. The fourth-order valence-corrected chi connectivity index (χ4v) is 1.88. The molecule has 0 heterocycles. The number of nitriles is 1. The lowest BCUT2D eigenvalue weighted by atomic mass is 9.81. The van der Waals surface area contributed by atoms with E-state index in [1.165, 1.54) is 6.07 Å². The number of carbonyl (C=O) groups excluding carboxylic acids is 1. The van der Waals surface area contributed by atoms with Gasteiger partial charge in [0.1, 0.15) is 5.54 Å². The van der Waals surface area contributed by atoms with Gasteiger partial charge in [0, 0.05) is 5.56 Å². The third-order valence-electron chi connectivity index (χ3n) is 3.00. The molecule has 1 aliphatic carbocycles. The molecular weight excluding hydrogens is 226 g/mol. The number of hydrogen-bond acceptors (Lipinski definition) is 4. The molecule has 0 radical (unpaired) electrons. The maximum atomic E-state index is 12.4. The number of benzene rings is 1. The second kappa shape index (κ2) is 4.57. The van der Waals surface area contributed by atoms with Crippen molar-refractivity contribution in [2.75, 3.05) is 0 Å². The smallest absolute Gasteiger partial charge is 0.188 e. The van der Waals surface area contributed by atoms with Crippen molar-refractivity contribution in [3.63, 3.8) is 0 Å². The molecule has 2 rings (SSSR count). The normalized spacial score (nSPS) is 25.7. The van der Waals surface area contributed by atoms with Crippen molar-refractivity contribution < 1.29 is 4.79 Å². The van der Waals surface area contributed by atoms with Crippen molar-refractivity contribution in [2.45, 2.75) is 11.6 Å².